The van der Waals surface area contributed by atoms with Crippen LogP contribution in [0.1, 0.15) is 0 Å². The van der Waals surface area contributed by atoms with E-state index in [1.165, 1.54) is 16.7 Å². The highest BCUT2D eigenvalue weighted by Gasteiger charge is 2.19. The number of aliphatic hydroxyl groups excluding tert-OH is 1. The van der Waals surface area contributed by atoms with Crippen molar-refractivity contribution in [1.29, 1.82) is 0 Å². The minimum atomic E-state index is -0.469. The molecule has 0 spiro atoms. The third-order valence-electron chi connectivity index (χ3n) is 4.32. The van der Waals surface area contributed by atoms with Crippen molar-refractivity contribution in [1.82, 2.24) is 9.55 Å². The summed E-state index contributed by atoms with van der Waals surface area (Å²) in [5, 5.41) is 11.9. The van der Waals surface area contributed by atoms with E-state index in [-0.39, 0.29) is 5.56 Å². The van der Waals surface area contributed by atoms with E-state index in [1.807, 2.05) is 0 Å². The summed E-state index contributed by atoms with van der Waals surface area (Å²) in [5.74, 6) is 0.479. The Morgan fingerprint density at radius 1 is 1.46 bits per heavy atom. The minimum Gasteiger partial charge on any atom is -0.386 e. The van der Waals surface area contributed by atoms with Crippen molar-refractivity contribution in [3.8, 4) is 0 Å². The first kappa shape index (κ1) is 19.4. The Kier molecular flexibility index (Phi) is 6.72. The van der Waals surface area contributed by atoms with E-state index in [4.69, 9.17) is 16.3 Å². The molecule has 0 saturated carbocycles. The second-order valence-electron chi connectivity index (χ2n) is 6.29. The monoisotopic (exact) mass is 396 g/mol. The van der Waals surface area contributed by atoms with Crippen molar-refractivity contribution in [2.75, 3.05) is 38.6 Å². The average molecular weight is 397 g/mol. The maximum atomic E-state index is 12.8. The molecule has 140 valence electrons. The Morgan fingerprint density at radius 2 is 2.23 bits per heavy atom. The van der Waals surface area contributed by atoms with E-state index in [9.17, 15) is 9.90 Å². The van der Waals surface area contributed by atoms with Crippen LogP contribution in [0, 0.1) is 0 Å². The number of aliphatic hydroxyl groups is 1. The van der Waals surface area contributed by atoms with Crippen LogP contribution in [0.2, 0.25) is 5.02 Å². The summed E-state index contributed by atoms with van der Waals surface area (Å²) in [4.78, 5) is 18.7. The molecule has 1 saturated heterocycles. The zero-order chi connectivity index (χ0) is 18.5. The molecule has 1 aliphatic rings. The van der Waals surface area contributed by atoms with Gasteiger partial charge in [-0.05, 0) is 18.2 Å². The van der Waals surface area contributed by atoms with Crippen molar-refractivity contribution < 1.29 is 14.7 Å². The lowest BCUT2D eigenvalue weighted by molar-refractivity contribution is -0.910. The van der Waals surface area contributed by atoms with Crippen molar-refractivity contribution in [2.45, 2.75) is 17.8 Å². The summed E-state index contributed by atoms with van der Waals surface area (Å²) in [6, 6.07) is 5.10. The van der Waals surface area contributed by atoms with E-state index in [0.29, 0.717) is 39.9 Å². The van der Waals surface area contributed by atoms with E-state index >= 15 is 0 Å². The van der Waals surface area contributed by atoms with Gasteiger partial charge in [0.25, 0.3) is 5.56 Å². The quantitative estimate of drug-likeness (QED) is 0.407. The Bertz CT molecular complexity index is 836. The molecule has 2 heterocycles. The van der Waals surface area contributed by atoms with Crippen LogP contribution in [0.3, 0.4) is 0 Å². The standard InChI is InChI=1S/C18H22ClN3O3S/c1-2-5-22-17(24)15-10-13(19)3-4-16(15)20-18(22)26-12-14(23)11-21-6-8-25-9-7-21/h2-4,10,14,23H,1,5-9,11-12H2/p+1/t14-/m1/s1. The van der Waals surface area contributed by atoms with Crippen molar-refractivity contribution in [3.05, 3.63) is 46.2 Å². The van der Waals surface area contributed by atoms with Gasteiger partial charge in [-0.1, -0.05) is 29.4 Å². The molecule has 0 amide bonds. The van der Waals surface area contributed by atoms with Crippen LogP contribution in [0.15, 0.2) is 40.8 Å². The molecule has 8 heteroatoms. The lowest BCUT2D eigenvalue weighted by Gasteiger charge is -2.25. The van der Waals surface area contributed by atoms with Gasteiger partial charge in [0.05, 0.1) is 24.1 Å². The molecule has 0 aliphatic carbocycles. The summed E-state index contributed by atoms with van der Waals surface area (Å²) in [7, 11) is 0. The minimum absolute atomic E-state index is 0.145. The van der Waals surface area contributed by atoms with Crippen LogP contribution in [0.5, 0.6) is 0 Å². The number of thioether (sulfide) groups is 1. The van der Waals surface area contributed by atoms with Crippen molar-refractivity contribution >= 4 is 34.3 Å². The maximum absolute atomic E-state index is 12.8. The maximum Gasteiger partial charge on any atom is 0.262 e. The molecule has 1 aromatic heterocycles. The van der Waals surface area contributed by atoms with Crippen molar-refractivity contribution in [3.63, 3.8) is 0 Å². The first-order chi connectivity index (χ1) is 12.6. The fourth-order valence-corrected chi connectivity index (χ4v) is 4.11. The van der Waals surface area contributed by atoms with Gasteiger partial charge in [-0.25, -0.2) is 4.98 Å². The number of fused-ring (bicyclic) bond motifs is 1. The smallest absolute Gasteiger partial charge is 0.262 e. The lowest BCUT2D eigenvalue weighted by Crippen LogP contribution is -3.15. The zero-order valence-electron chi connectivity index (χ0n) is 14.5. The Labute approximate surface area is 161 Å². The first-order valence-electron chi connectivity index (χ1n) is 8.61. The topological polar surface area (TPSA) is 68.8 Å². The highest BCUT2D eigenvalue weighted by Crippen LogP contribution is 2.20. The van der Waals surface area contributed by atoms with Gasteiger partial charge < -0.3 is 14.7 Å². The van der Waals surface area contributed by atoms with Crippen LogP contribution in [0.25, 0.3) is 10.9 Å². The lowest BCUT2D eigenvalue weighted by atomic mass is 10.2. The zero-order valence-corrected chi connectivity index (χ0v) is 16.1. The van der Waals surface area contributed by atoms with Crippen molar-refractivity contribution in [2.24, 2.45) is 0 Å². The van der Waals surface area contributed by atoms with Crippen LogP contribution in [0.4, 0.5) is 0 Å². The SMILES string of the molecule is C=CCn1c(SC[C@H](O)C[NH+]2CCOCC2)nc2ccc(Cl)cc2c1=O. The summed E-state index contributed by atoms with van der Waals surface area (Å²) in [5.41, 5.74) is 0.462. The number of morpholine rings is 1. The van der Waals surface area contributed by atoms with E-state index in [1.54, 1.807) is 28.8 Å². The summed E-state index contributed by atoms with van der Waals surface area (Å²) < 4.78 is 6.92. The van der Waals surface area contributed by atoms with Crippen LogP contribution >= 0.6 is 23.4 Å². The summed E-state index contributed by atoms with van der Waals surface area (Å²) >= 11 is 7.40. The number of hydrogen-bond donors (Lipinski definition) is 2. The number of quaternary nitrogens is 1. The van der Waals surface area contributed by atoms with E-state index in [0.717, 1.165) is 26.3 Å². The molecule has 0 radical (unpaired) electrons. The summed E-state index contributed by atoms with van der Waals surface area (Å²) in [6.07, 6.45) is 1.20. The highest BCUT2D eigenvalue weighted by atomic mass is 35.5. The fraction of sp³-hybridized carbons (Fsp3) is 0.444. The van der Waals surface area contributed by atoms with Gasteiger partial charge in [0.15, 0.2) is 5.16 Å². The molecule has 2 N–H and O–H groups in total. The third-order valence-corrected chi connectivity index (χ3v) is 5.68. The van der Waals surface area contributed by atoms with Gasteiger partial charge in [-0.15, -0.1) is 6.58 Å². The van der Waals surface area contributed by atoms with Gasteiger partial charge in [-0.2, -0.15) is 0 Å². The van der Waals surface area contributed by atoms with Gasteiger partial charge in [0.1, 0.15) is 25.7 Å². The number of aromatic nitrogens is 2. The predicted octanol–water partition coefficient (Wildman–Crippen LogP) is 0.604. The van der Waals surface area contributed by atoms with E-state index in [2.05, 4.69) is 11.6 Å². The Morgan fingerprint density at radius 3 is 2.96 bits per heavy atom. The molecule has 3 rings (SSSR count). The molecule has 26 heavy (non-hydrogen) atoms. The number of ether oxygens (including phenoxy) is 1. The molecular formula is C18H23ClN3O3S+. The second-order valence-corrected chi connectivity index (χ2v) is 7.72. The predicted molar refractivity (Wildman–Crippen MR) is 104 cm³/mol. The second kappa shape index (κ2) is 9.01. The molecule has 1 fully saturated rings. The Hall–Kier alpha value is -1.38. The average Bonchev–Trinajstić information content (AvgIpc) is 2.64. The van der Waals surface area contributed by atoms with Gasteiger partial charge >= 0.3 is 0 Å². The number of allylic oxidation sites excluding steroid dienone is 1. The first-order valence-corrected chi connectivity index (χ1v) is 9.98. The van der Waals surface area contributed by atoms with E-state index < -0.39 is 6.10 Å². The largest absolute Gasteiger partial charge is 0.386 e. The van der Waals surface area contributed by atoms with Crippen LogP contribution in [-0.2, 0) is 11.3 Å². The molecule has 1 aromatic carbocycles. The third kappa shape index (κ3) is 4.66. The van der Waals surface area contributed by atoms with Crippen LogP contribution < -0.4 is 10.5 Å². The molecular weight excluding hydrogens is 374 g/mol. The van der Waals surface area contributed by atoms with Gasteiger partial charge in [0, 0.05) is 17.3 Å². The number of hydrogen-bond acceptors (Lipinski definition) is 5. The van der Waals surface area contributed by atoms with Crippen LogP contribution in [-0.4, -0.2) is 59.4 Å². The number of halogens is 1. The number of nitrogens with zero attached hydrogens (tertiary/aromatic N) is 2. The van der Waals surface area contributed by atoms with Gasteiger partial charge in [0.2, 0.25) is 0 Å². The molecule has 6 nitrogen and oxygen atoms in total. The molecule has 1 aliphatic heterocycles. The van der Waals surface area contributed by atoms with Gasteiger partial charge in [-0.3, -0.25) is 9.36 Å². The summed E-state index contributed by atoms with van der Waals surface area (Å²) in [6.45, 7) is 8.06. The molecule has 0 bridgehead atoms. The fourth-order valence-electron chi connectivity index (χ4n) is 3.00. The number of benzene rings is 1. The number of nitrogens with one attached hydrogen (secondary N) is 1. The number of rotatable bonds is 7. The molecule has 2 aromatic rings. The molecule has 0 unspecified atom stereocenters. The molecule has 1 atom stereocenters. The highest BCUT2D eigenvalue weighted by molar-refractivity contribution is 7.99. The Balaban J connectivity index is 1.77. The normalized spacial score (nSPS) is 16.7.